The number of aryl methyl sites for hydroxylation is 1. The Morgan fingerprint density at radius 3 is 2.45 bits per heavy atom. The summed E-state index contributed by atoms with van der Waals surface area (Å²) in [6.07, 6.45) is 5.38. The molecule has 0 fully saturated rings. The fourth-order valence-electron chi connectivity index (χ4n) is 2.06. The number of ether oxygens (including phenoxy) is 1. The lowest BCUT2D eigenvalue weighted by atomic mass is 10.1. The number of carbonyl (C=O) groups is 1. The van der Waals surface area contributed by atoms with Gasteiger partial charge in [-0.2, -0.15) is 0 Å². The molecule has 0 aliphatic carbocycles. The second-order valence-electron chi connectivity index (χ2n) is 4.99. The highest BCUT2D eigenvalue weighted by Crippen LogP contribution is 2.17. The van der Waals surface area contributed by atoms with E-state index in [9.17, 15) is 4.79 Å². The van der Waals surface area contributed by atoms with Crippen LogP contribution in [0.5, 0.6) is 0 Å². The Morgan fingerprint density at radius 2 is 1.73 bits per heavy atom. The summed E-state index contributed by atoms with van der Waals surface area (Å²) >= 11 is 0. The Hall–Kier alpha value is -2.94. The van der Waals surface area contributed by atoms with Crippen molar-refractivity contribution in [2.45, 2.75) is 6.92 Å². The molecule has 2 aromatic rings. The van der Waals surface area contributed by atoms with Crippen molar-refractivity contribution in [3.05, 3.63) is 89.1 Å². The van der Waals surface area contributed by atoms with Crippen LogP contribution in [0.25, 0.3) is 6.08 Å². The highest BCUT2D eigenvalue weighted by molar-refractivity contribution is 6.11. The minimum atomic E-state index is -0.423. The van der Waals surface area contributed by atoms with Gasteiger partial charge in [-0.05, 0) is 30.7 Å². The molecule has 2 aromatic carbocycles. The van der Waals surface area contributed by atoms with E-state index in [1.165, 1.54) is 0 Å². The van der Waals surface area contributed by atoms with Crippen LogP contribution in [0.2, 0.25) is 0 Å². The second-order valence-corrected chi connectivity index (χ2v) is 4.99. The van der Waals surface area contributed by atoms with Crippen LogP contribution < -0.4 is 0 Å². The number of hydrogen-bond donors (Lipinski definition) is 0. The van der Waals surface area contributed by atoms with Crippen molar-refractivity contribution in [2.75, 3.05) is 0 Å². The number of hydrogen-bond acceptors (Lipinski definition) is 3. The van der Waals surface area contributed by atoms with Crippen molar-refractivity contribution < 1.29 is 9.53 Å². The lowest BCUT2D eigenvalue weighted by Crippen LogP contribution is -2.05. The molecule has 1 aliphatic rings. The van der Waals surface area contributed by atoms with E-state index in [2.05, 4.69) is 4.99 Å². The van der Waals surface area contributed by atoms with Crippen LogP contribution in [0.3, 0.4) is 0 Å². The third-order valence-corrected chi connectivity index (χ3v) is 3.26. The quantitative estimate of drug-likeness (QED) is 0.635. The zero-order valence-electron chi connectivity index (χ0n) is 12.2. The summed E-state index contributed by atoms with van der Waals surface area (Å²) in [4.78, 5) is 16.1. The van der Waals surface area contributed by atoms with Gasteiger partial charge in [0.2, 0.25) is 5.90 Å². The molecule has 22 heavy (non-hydrogen) atoms. The Bertz CT molecular complexity index is 769. The van der Waals surface area contributed by atoms with Crippen LogP contribution in [0.1, 0.15) is 16.7 Å². The van der Waals surface area contributed by atoms with Gasteiger partial charge in [-0.3, -0.25) is 0 Å². The number of allylic oxidation sites excluding steroid dienone is 2. The molecule has 0 radical (unpaired) electrons. The van der Waals surface area contributed by atoms with Gasteiger partial charge in [0.25, 0.3) is 0 Å². The highest BCUT2D eigenvalue weighted by atomic mass is 16.6. The molecule has 0 N–H and O–H groups in total. The van der Waals surface area contributed by atoms with Crippen LogP contribution in [-0.4, -0.2) is 11.9 Å². The molecule has 0 saturated heterocycles. The van der Waals surface area contributed by atoms with Gasteiger partial charge in [0.15, 0.2) is 5.70 Å². The van der Waals surface area contributed by atoms with E-state index in [-0.39, 0.29) is 0 Å². The summed E-state index contributed by atoms with van der Waals surface area (Å²) in [5.74, 6) is -0.0716. The molecule has 1 aliphatic heterocycles. The first-order valence-corrected chi connectivity index (χ1v) is 7.04. The average molecular weight is 289 g/mol. The zero-order chi connectivity index (χ0) is 15.4. The molecular formula is C19H15NO2. The van der Waals surface area contributed by atoms with Gasteiger partial charge >= 0.3 is 5.97 Å². The minimum absolute atomic E-state index is 0.308. The predicted molar refractivity (Wildman–Crippen MR) is 87.4 cm³/mol. The van der Waals surface area contributed by atoms with E-state index >= 15 is 0 Å². The molecule has 0 amide bonds. The fourth-order valence-corrected chi connectivity index (χ4v) is 2.06. The first-order chi connectivity index (χ1) is 10.7. The Balaban J connectivity index is 1.79. The van der Waals surface area contributed by atoms with Crippen molar-refractivity contribution in [1.82, 2.24) is 0 Å². The van der Waals surface area contributed by atoms with Gasteiger partial charge < -0.3 is 4.74 Å². The molecule has 0 unspecified atom stereocenters. The molecule has 0 aromatic heterocycles. The summed E-state index contributed by atoms with van der Waals surface area (Å²) in [7, 11) is 0. The molecule has 0 bridgehead atoms. The summed E-state index contributed by atoms with van der Waals surface area (Å²) in [5, 5.41) is 0. The molecule has 1 heterocycles. The summed E-state index contributed by atoms with van der Waals surface area (Å²) in [6, 6.07) is 17.6. The standard InChI is InChI=1S/C19H15NO2/c1-14-10-12-16(13-11-14)18-20-17(19(21)22-18)9-5-8-15-6-3-2-4-7-15/h2-13H,1H3. The number of nitrogens with zero attached hydrogens (tertiary/aromatic N) is 1. The third-order valence-electron chi connectivity index (χ3n) is 3.26. The molecule has 0 spiro atoms. The lowest BCUT2D eigenvalue weighted by Gasteiger charge is -1.99. The largest absolute Gasteiger partial charge is 0.402 e. The molecule has 0 atom stereocenters. The van der Waals surface area contributed by atoms with E-state index in [0.717, 1.165) is 16.7 Å². The van der Waals surface area contributed by atoms with Crippen LogP contribution in [0.15, 0.2) is 77.4 Å². The van der Waals surface area contributed by atoms with Crippen LogP contribution in [0, 0.1) is 6.92 Å². The van der Waals surface area contributed by atoms with Crippen molar-refractivity contribution in [1.29, 1.82) is 0 Å². The fraction of sp³-hybridized carbons (Fsp3) is 0.0526. The number of carbonyl (C=O) groups excluding carboxylic acids is 1. The maximum absolute atomic E-state index is 11.8. The van der Waals surface area contributed by atoms with E-state index < -0.39 is 5.97 Å². The number of aliphatic imine (C=N–C) groups is 1. The van der Waals surface area contributed by atoms with E-state index in [1.807, 2.05) is 67.6 Å². The molecule has 3 heteroatoms. The maximum atomic E-state index is 11.8. The van der Waals surface area contributed by atoms with Gasteiger partial charge in [-0.1, -0.05) is 60.2 Å². The number of cyclic esters (lactones) is 1. The smallest absolute Gasteiger partial charge is 0.363 e. The van der Waals surface area contributed by atoms with Crippen molar-refractivity contribution in [3.63, 3.8) is 0 Å². The van der Waals surface area contributed by atoms with Gasteiger partial charge in [-0.25, -0.2) is 9.79 Å². The van der Waals surface area contributed by atoms with Gasteiger partial charge in [0.05, 0.1) is 0 Å². The Labute approximate surface area is 129 Å². The Morgan fingerprint density at radius 1 is 1.00 bits per heavy atom. The number of rotatable bonds is 3. The predicted octanol–water partition coefficient (Wildman–Crippen LogP) is 3.90. The number of benzene rings is 2. The third kappa shape index (κ3) is 3.20. The monoisotopic (exact) mass is 289 g/mol. The summed E-state index contributed by atoms with van der Waals surface area (Å²) < 4.78 is 5.21. The highest BCUT2D eigenvalue weighted by Gasteiger charge is 2.23. The van der Waals surface area contributed by atoms with Crippen molar-refractivity contribution in [3.8, 4) is 0 Å². The summed E-state index contributed by atoms with van der Waals surface area (Å²) in [6.45, 7) is 2.01. The number of esters is 1. The van der Waals surface area contributed by atoms with Gasteiger partial charge in [0.1, 0.15) is 0 Å². The minimum Gasteiger partial charge on any atom is -0.402 e. The van der Waals surface area contributed by atoms with Crippen molar-refractivity contribution >= 4 is 17.9 Å². The van der Waals surface area contributed by atoms with Gasteiger partial charge in [-0.15, -0.1) is 0 Å². The normalized spacial score (nSPS) is 16.1. The SMILES string of the molecule is Cc1ccc(C2=NC(=CC=Cc3ccccc3)C(=O)O2)cc1. The van der Waals surface area contributed by atoms with Crippen LogP contribution in [0.4, 0.5) is 0 Å². The lowest BCUT2D eigenvalue weighted by molar-refractivity contribution is -0.130. The first-order valence-electron chi connectivity index (χ1n) is 7.04. The molecular weight excluding hydrogens is 274 g/mol. The van der Waals surface area contributed by atoms with Crippen molar-refractivity contribution in [2.24, 2.45) is 4.99 Å². The van der Waals surface area contributed by atoms with Crippen LogP contribution in [-0.2, 0) is 9.53 Å². The van der Waals surface area contributed by atoms with E-state index in [4.69, 9.17) is 4.74 Å². The molecule has 0 saturated carbocycles. The van der Waals surface area contributed by atoms with Gasteiger partial charge in [0, 0.05) is 5.56 Å². The molecule has 3 nitrogen and oxygen atoms in total. The van der Waals surface area contributed by atoms with Crippen LogP contribution >= 0.6 is 0 Å². The second kappa shape index (κ2) is 6.22. The maximum Gasteiger partial charge on any atom is 0.363 e. The first kappa shape index (κ1) is 14.0. The zero-order valence-corrected chi connectivity index (χ0v) is 12.2. The average Bonchev–Trinajstić information content (AvgIpc) is 2.90. The van der Waals surface area contributed by atoms with E-state index in [1.54, 1.807) is 12.2 Å². The molecule has 3 rings (SSSR count). The van der Waals surface area contributed by atoms with E-state index in [0.29, 0.717) is 11.6 Å². The summed E-state index contributed by atoms with van der Waals surface area (Å²) in [5.41, 5.74) is 3.32. The molecule has 108 valence electrons. The Kier molecular flexibility index (Phi) is 3.97. The topological polar surface area (TPSA) is 38.7 Å².